The summed E-state index contributed by atoms with van der Waals surface area (Å²) >= 11 is 2.34. The maximum atomic E-state index is 4.51. The summed E-state index contributed by atoms with van der Waals surface area (Å²) < 4.78 is 3.13. The van der Waals surface area contributed by atoms with Crippen molar-refractivity contribution in [2.75, 3.05) is 5.32 Å². The van der Waals surface area contributed by atoms with Crippen molar-refractivity contribution in [3.63, 3.8) is 0 Å². The number of nitrogens with zero attached hydrogens (tertiary/aromatic N) is 3. The molecule has 3 rings (SSSR count). The van der Waals surface area contributed by atoms with Gasteiger partial charge < -0.3 is 5.32 Å². The highest BCUT2D eigenvalue weighted by Gasteiger charge is 2.13. The number of hydrogen-bond donors (Lipinski definition) is 1. The van der Waals surface area contributed by atoms with Crippen LogP contribution in [0.1, 0.15) is 29.9 Å². The number of benzene rings is 1. The summed E-state index contributed by atoms with van der Waals surface area (Å²) in [6, 6.07) is 10.4. The Balaban J connectivity index is 1.96. The standard InChI is InChI=1S/C16H17IN4/c1-10-8-16-18-9-13(12(3)21(16)20-10)11(2)19-15-7-5-4-6-14(15)17/h4-9,11,19H,1-3H3. The molecule has 0 fully saturated rings. The summed E-state index contributed by atoms with van der Waals surface area (Å²) in [6.07, 6.45) is 1.94. The molecular formula is C16H17IN4. The van der Waals surface area contributed by atoms with Gasteiger partial charge in [-0.25, -0.2) is 9.50 Å². The Morgan fingerprint density at radius 1 is 1.24 bits per heavy atom. The highest BCUT2D eigenvalue weighted by molar-refractivity contribution is 14.1. The summed E-state index contributed by atoms with van der Waals surface area (Å²) in [5.41, 5.74) is 5.31. The molecule has 2 heterocycles. The van der Waals surface area contributed by atoms with Gasteiger partial charge in [0.1, 0.15) is 0 Å². The average Bonchev–Trinajstić information content (AvgIpc) is 2.83. The number of nitrogens with one attached hydrogen (secondary N) is 1. The molecule has 0 spiro atoms. The van der Waals surface area contributed by atoms with Gasteiger partial charge in [0.15, 0.2) is 5.65 Å². The van der Waals surface area contributed by atoms with Crippen LogP contribution >= 0.6 is 22.6 Å². The summed E-state index contributed by atoms with van der Waals surface area (Å²) in [5.74, 6) is 0. The minimum Gasteiger partial charge on any atom is -0.378 e. The molecule has 3 aromatic rings. The first-order valence-electron chi connectivity index (χ1n) is 6.89. The molecule has 0 radical (unpaired) electrons. The summed E-state index contributed by atoms with van der Waals surface area (Å²) in [5, 5.41) is 8.06. The Bertz CT molecular complexity index is 794. The third-order valence-electron chi connectivity index (χ3n) is 3.60. The van der Waals surface area contributed by atoms with E-state index in [1.54, 1.807) is 0 Å². The maximum absolute atomic E-state index is 4.51. The monoisotopic (exact) mass is 392 g/mol. The summed E-state index contributed by atoms with van der Waals surface area (Å²) in [4.78, 5) is 4.51. The first-order valence-corrected chi connectivity index (χ1v) is 7.97. The normalized spacial score (nSPS) is 12.6. The molecule has 0 aliphatic rings. The number of rotatable bonds is 3. The Labute approximate surface area is 137 Å². The van der Waals surface area contributed by atoms with Gasteiger partial charge in [-0.15, -0.1) is 0 Å². The van der Waals surface area contributed by atoms with Gasteiger partial charge in [-0.3, -0.25) is 0 Å². The number of aryl methyl sites for hydroxylation is 2. The Morgan fingerprint density at radius 2 is 2.00 bits per heavy atom. The topological polar surface area (TPSA) is 42.2 Å². The van der Waals surface area contributed by atoms with E-state index in [1.807, 2.05) is 35.8 Å². The van der Waals surface area contributed by atoms with Gasteiger partial charge in [0.2, 0.25) is 0 Å². The highest BCUT2D eigenvalue weighted by Crippen LogP contribution is 2.25. The molecule has 108 valence electrons. The zero-order valence-electron chi connectivity index (χ0n) is 12.3. The molecular weight excluding hydrogens is 375 g/mol. The second kappa shape index (κ2) is 5.63. The van der Waals surface area contributed by atoms with Gasteiger partial charge in [-0.2, -0.15) is 5.10 Å². The molecule has 2 aromatic heterocycles. The van der Waals surface area contributed by atoms with Crippen LogP contribution in [-0.2, 0) is 0 Å². The van der Waals surface area contributed by atoms with Crippen LogP contribution in [0.3, 0.4) is 0 Å². The van der Waals surface area contributed by atoms with E-state index in [0.29, 0.717) is 0 Å². The van der Waals surface area contributed by atoms with Crippen LogP contribution in [0.5, 0.6) is 0 Å². The van der Waals surface area contributed by atoms with Crippen molar-refractivity contribution in [1.82, 2.24) is 14.6 Å². The molecule has 1 N–H and O–H groups in total. The third-order valence-corrected chi connectivity index (χ3v) is 4.54. The van der Waals surface area contributed by atoms with Crippen molar-refractivity contribution >= 4 is 33.9 Å². The Hall–Kier alpha value is -1.63. The first kappa shape index (κ1) is 14.3. The molecule has 0 saturated heterocycles. The molecule has 4 nitrogen and oxygen atoms in total. The van der Waals surface area contributed by atoms with Crippen molar-refractivity contribution in [3.8, 4) is 0 Å². The van der Waals surface area contributed by atoms with Crippen molar-refractivity contribution in [2.24, 2.45) is 0 Å². The molecule has 21 heavy (non-hydrogen) atoms. The van der Waals surface area contributed by atoms with Crippen LogP contribution in [0, 0.1) is 17.4 Å². The van der Waals surface area contributed by atoms with Gasteiger partial charge in [-0.05, 0) is 55.5 Å². The van der Waals surface area contributed by atoms with Crippen LogP contribution in [0.25, 0.3) is 5.65 Å². The second-order valence-electron chi connectivity index (χ2n) is 5.20. The third kappa shape index (κ3) is 2.74. The summed E-state index contributed by atoms with van der Waals surface area (Å²) in [6.45, 7) is 6.22. The highest BCUT2D eigenvalue weighted by atomic mass is 127. The van der Waals surface area contributed by atoms with Crippen LogP contribution in [0.15, 0.2) is 36.5 Å². The zero-order valence-corrected chi connectivity index (χ0v) is 14.4. The summed E-state index contributed by atoms with van der Waals surface area (Å²) in [7, 11) is 0. The van der Waals surface area contributed by atoms with Crippen molar-refractivity contribution < 1.29 is 0 Å². The van der Waals surface area contributed by atoms with E-state index in [4.69, 9.17) is 0 Å². The fourth-order valence-corrected chi connectivity index (χ4v) is 3.03. The Kier molecular flexibility index (Phi) is 3.84. The molecule has 1 atom stereocenters. The lowest BCUT2D eigenvalue weighted by Crippen LogP contribution is -2.12. The molecule has 0 aliphatic heterocycles. The van der Waals surface area contributed by atoms with E-state index in [2.05, 4.69) is 64.0 Å². The van der Waals surface area contributed by atoms with Crippen LogP contribution in [0.4, 0.5) is 5.69 Å². The minimum absolute atomic E-state index is 0.169. The fourth-order valence-electron chi connectivity index (χ4n) is 2.49. The SMILES string of the molecule is Cc1cc2ncc(C(C)Nc3ccccc3I)c(C)n2n1. The first-order chi connectivity index (χ1) is 10.1. The molecule has 1 unspecified atom stereocenters. The Morgan fingerprint density at radius 3 is 2.76 bits per heavy atom. The smallest absolute Gasteiger partial charge is 0.155 e. The number of fused-ring (bicyclic) bond motifs is 1. The van der Waals surface area contributed by atoms with E-state index in [1.165, 1.54) is 3.57 Å². The average molecular weight is 392 g/mol. The van der Waals surface area contributed by atoms with Gasteiger partial charge in [-0.1, -0.05) is 12.1 Å². The molecule has 0 bridgehead atoms. The number of anilines is 1. The lowest BCUT2D eigenvalue weighted by molar-refractivity contribution is 0.797. The van der Waals surface area contributed by atoms with E-state index >= 15 is 0 Å². The second-order valence-corrected chi connectivity index (χ2v) is 6.36. The van der Waals surface area contributed by atoms with E-state index < -0.39 is 0 Å². The molecule has 0 aliphatic carbocycles. The largest absolute Gasteiger partial charge is 0.378 e. The van der Waals surface area contributed by atoms with Gasteiger partial charge in [0.25, 0.3) is 0 Å². The predicted molar refractivity (Wildman–Crippen MR) is 93.7 cm³/mol. The van der Waals surface area contributed by atoms with E-state index in [9.17, 15) is 0 Å². The lowest BCUT2D eigenvalue weighted by Gasteiger charge is -2.18. The van der Waals surface area contributed by atoms with Crippen LogP contribution < -0.4 is 5.32 Å². The zero-order chi connectivity index (χ0) is 15.0. The quantitative estimate of drug-likeness (QED) is 0.682. The number of aromatic nitrogens is 3. The fraction of sp³-hybridized carbons (Fsp3) is 0.250. The van der Waals surface area contributed by atoms with Gasteiger partial charge in [0.05, 0.1) is 11.7 Å². The number of para-hydroxylation sites is 1. The van der Waals surface area contributed by atoms with Crippen LogP contribution in [-0.4, -0.2) is 14.6 Å². The molecule has 1 aromatic carbocycles. The van der Waals surface area contributed by atoms with E-state index in [-0.39, 0.29) is 6.04 Å². The molecule has 0 amide bonds. The number of hydrogen-bond acceptors (Lipinski definition) is 3. The van der Waals surface area contributed by atoms with Gasteiger partial charge >= 0.3 is 0 Å². The molecule has 0 saturated carbocycles. The van der Waals surface area contributed by atoms with Crippen molar-refractivity contribution in [3.05, 3.63) is 57.1 Å². The van der Waals surface area contributed by atoms with E-state index in [0.717, 1.165) is 28.3 Å². The van der Waals surface area contributed by atoms with Gasteiger partial charge in [0, 0.05) is 32.8 Å². The minimum atomic E-state index is 0.169. The van der Waals surface area contributed by atoms with Crippen LogP contribution in [0.2, 0.25) is 0 Å². The molecule has 5 heteroatoms. The lowest BCUT2D eigenvalue weighted by atomic mass is 10.1. The number of halogens is 1. The predicted octanol–water partition coefficient (Wildman–Crippen LogP) is 4.12. The van der Waals surface area contributed by atoms with Crippen molar-refractivity contribution in [2.45, 2.75) is 26.8 Å². The van der Waals surface area contributed by atoms with Crippen molar-refractivity contribution in [1.29, 1.82) is 0 Å². The maximum Gasteiger partial charge on any atom is 0.155 e.